The first kappa shape index (κ1) is 21.4. The Morgan fingerprint density at radius 2 is 1.92 bits per heavy atom. The minimum absolute atomic E-state index is 0.0979. The van der Waals surface area contributed by atoms with Crippen LogP contribution in [0, 0.1) is 0 Å². The van der Waals surface area contributed by atoms with Crippen LogP contribution in [-0.2, 0) is 14.8 Å². The van der Waals surface area contributed by atoms with Crippen LogP contribution < -0.4 is 9.62 Å². The number of hydrogen-bond acceptors (Lipinski definition) is 4. The third-order valence-electron chi connectivity index (χ3n) is 2.85. The molecule has 0 radical (unpaired) electrons. The van der Waals surface area contributed by atoms with E-state index in [0.29, 0.717) is 6.54 Å². The van der Waals surface area contributed by atoms with Crippen molar-refractivity contribution in [1.29, 1.82) is 0 Å². The van der Waals surface area contributed by atoms with Gasteiger partial charge in [0, 0.05) is 17.0 Å². The molecule has 0 saturated carbocycles. The second-order valence-corrected chi connectivity index (χ2v) is 10.8. The summed E-state index contributed by atoms with van der Waals surface area (Å²) >= 11 is 13.7. The lowest BCUT2D eigenvalue weighted by molar-refractivity contribution is -0.119. The third-order valence-corrected chi connectivity index (χ3v) is 6.06. The molecule has 24 heavy (non-hydrogen) atoms. The van der Waals surface area contributed by atoms with Crippen LogP contribution in [0.5, 0.6) is 0 Å². The van der Waals surface area contributed by atoms with Gasteiger partial charge < -0.3 is 5.32 Å². The molecule has 1 N–H and O–H groups in total. The van der Waals surface area contributed by atoms with Crippen molar-refractivity contribution in [3.05, 3.63) is 28.2 Å². The molecule has 0 unspecified atom stereocenters. The maximum absolute atomic E-state index is 12.1. The van der Waals surface area contributed by atoms with Crippen LogP contribution >= 0.6 is 35.0 Å². The van der Waals surface area contributed by atoms with Crippen molar-refractivity contribution < 1.29 is 13.2 Å². The van der Waals surface area contributed by atoms with Crippen molar-refractivity contribution >= 4 is 56.6 Å². The van der Waals surface area contributed by atoms with Crippen molar-refractivity contribution in [2.75, 3.05) is 29.4 Å². The Morgan fingerprint density at radius 1 is 1.29 bits per heavy atom. The van der Waals surface area contributed by atoms with Crippen LogP contribution in [0.2, 0.25) is 10.0 Å². The van der Waals surface area contributed by atoms with Crippen molar-refractivity contribution in [3.8, 4) is 0 Å². The molecule has 0 aliphatic rings. The van der Waals surface area contributed by atoms with Gasteiger partial charge in [0.15, 0.2) is 0 Å². The molecule has 0 aliphatic heterocycles. The Labute approximate surface area is 158 Å². The van der Waals surface area contributed by atoms with Crippen molar-refractivity contribution in [1.82, 2.24) is 5.32 Å². The highest BCUT2D eigenvalue weighted by molar-refractivity contribution is 8.00. The number of carbonyl (C=O) groups excluding carboxylic acids is 1. The Hall–Kier alpha value is -0.630. The first-order valence-electron chi connectivity index (χ1n) is 7.24. The fourth-order valence-corrected chi connectivity index (χ4v) is 3.93. The van der Waals surface area contributed by atoms with Crippen LogP contribution in [0.3, 0.4) is 0 Å². The van der Waals surface area contributed by atoms with E-state index in [2.05, 4.69) is 26.1 Å². The minimum Gasteiger partial charge on any atom is -0.354 e. The summed E-state index contributed by atoms with van der Waals surface area (Å²) in [5.74, 6) is 0.345. The molecule has 1 rings (SSSR count). The standard InChI is InChI=1S/C15H22Cl2N2O3S2/c1-15(2,3)23-9-8-18-13(20)10-19(24(4,21)22)12-7-5-6-11(16)14(12)17/h5-7H,8-10H2,1-4H3,(H,18,20). The summed E-state index contributed by atoms with van der Waals surface area (Å²) in [6, 6.07) is 4.65. The number of thioether (sulfide) groups is 1. The molecule has 1 aromatic rings. The first-order chi connectivity index (χ1) is 10.9. The van der Waals surface area contributed by atoms with Crippen molar-refractivity contribution in [2.24, 2.45) is 0 Å². The fourth-order valence-electron chi connectivity index (χ4n) is 1.80. The summed E-state index contributed by atoms with van der Waals surface area (Å²) in [5, 5.41) is 3.04. The number of anilines is 1. The average molecular weight is 413 g/mol. The second kappa shape index (κ2) is 8.65. The van der Waals surface area contributed by atoms with Gasteiger partial charge in [-0.3, -0.25) is 9.10 Å². The summed E-state index contributed by atoms with van der Waals surface area (Å²) < 4.78 is 25.1. The lowest BCUT2D eigenvalue weighted by Crippen LogP contribution is -2.41. The summed E-state index contributed by atoms with van der Waals surface area (Å²) in [6.07, 6.45) is 1.02. The SMILES string of the molecule is CC(C)(C)SCCNC(=O)CN(c1cccc(Cl)c1Cl)S(C)(=O)=O. The van der Waals surface area contributed by atoms with Gasteiger partial charge >= 0.3 is 0 Å². The van der Waals surface area contributed by atoms with Gasteiger partial charge in [0.1, 0.15) is 6.54 Å². The average Bonchev–Trinajstić information content (AvgIpc) is 2.42. The van der Waals surface area contributed by atoms with Gasteiger partial charge in [0.2, 0.25) is 15.9 Å². The number of amides is 1. The number of hydrogen-bond donors (Lipinski definition) is 1. The number of nitrogens with one attached hydrogen (secondary N) is 1. The zero-order valence-corrected chi connectivity index (χ0v) is 17.2. The maximum atomic E-state index is 12.1. The zero-order valence-electron chi connectivity index (χ0n) is 14.1. The van der Waals surface area contributed by atoms with E-state index in [9.17, 15) is 13.2 Å². The van der Waals surface area contributed by atoms with Crippen LogP contribution in [0.15, 0.2) is 18.2 Å². The summed E-state index contributed by atoms with van der Waals surface area (Å²) in [5.41, 5.74) is 0.186. The molecular formula is C15H22Cl2N2O3S2. The van der Waals surface area contributed by atoms with E-state index in [-0.39, 0.29) is 27.0 Å². The van der Waals surface area contributed by atoms with E-state index in [1.807, 2.05) is 0 Å². The molecule has 0 aliphatic carbocycles. The molecule has 1 amide bonds. The second-order valence-electron chi connectivity index (χ2n) is 6.15. The van der Waals surface area contributed by atoms with Gasteiger partial charge in [0.05, 0.1) is 22.0 Å². The van der Waals surface area contributed by atoms with Gasteiger partial charge in [-0.2, -0.15) is 11.8 Å². The molecule has 0 fully saturated rings. The number of halogens is 2. The number of rotatable bonds is 7. The largest absolute Gasteiger partial charge is 0.354 e. The molecule has 5 nitrogen and oxygen atoms in total. The summed E-state index contributed by atoms with van der Waals surface area (Å²) in [7, 11) is -3.68. The molecule has 0 spiro atoms. The molecule has 136 valence electrons. The first-order valence-corrected chi connectivity index (χ1v) is 10.8. The third kappa shape index (κ3) is 7.09. The van der Waals surface area contributed by atoms with E-state index in [1.165, 1.54) is 6.07 Å². The molecule has 0 bridgehead atoms. The van der Waals surface area contributed by atoms with Crippen LogP contribution in [0.1, 0.15) is 20.8 Å². The van der Waals surface area contributed by atoms with Crippen molar-refractivity contribution in [3.63, 3.8) is 0 Å². The molecule has 0 atom stereocenters. The van der Waals surface area contributed by atoms with E-state index in [0.717, 1.165) is 16.3 Å². The molecule has 9 heteroatoms. The predicted molar refractivity (Wildman–Crippen MR) is 104 cm³/mol. The molecule has 1 aromatic carbocycles. The van der Waals surface area contributed by atoms with Crippen LogP contribution in [0.4, 0.5) is 5.69 Å². The Bertz CT molecular complexity index is 688. The predicted octanol–water partition coefficient (Wildman–Crippen LogP) is 3.41. The topological polar surface area (TPSA) is 66.5 Å². The van der Waals surface area contributed by atoms with Gasteiger partial charge in [-0.25, -0.2) is 8.42 Å². The Kier molecular flexibility index (Phi) is 7.72. The van der Waals surface area contributed by atoms with Gasteiger partial charge in [0.25, 0.3) is 0 Å². The lowest BCUT2D eigenvalue weighted by Gasteiger charge is -2.23. The molecular weight excluding hydrogens is 391 g/mol. The van der Waals surface area contributed by atoms with E-state index in [1.54, 1.807) is 23.9 Å². The van der Waals surface area contributed by atoms with Crippen molar-refractivity contribution in [2.45, 2.75) is 25.5 Å². The molecule has 0 saturated heterocycles. The summed E-state index contributed by atoms with van der Waals surface area (Å²) in [4.78, 5) is 12.1. The molecule has 0 heterocycles. The number of nitrogens with zero attached hydrogens (tertiary/aromatic N) is 1. The van der Waals surface area contributed by atoms with Crippen LogP contribution in [-0.4, -0.2) is 44.2 Å². The number of carbonyl (C=O) groups is 1. The van der Waals surface area contributed by atoms with Crippen LogP contribution in [0.25, 0.3) is 0 Å². The highest BCUT2D eigenvalue weighted by atomic mass is 35.5. The van der Waals surface area contributed by atoms with Gasteiger partial charge in [-0.15, -0.1) is 0 Å². The quantitative estimate of drug-likeness (QED) is 0.696. The fraction of sp³-hybridized carbons (Fsp3) is 0.533. The lowest BCUT2D eigenvalue weighted by atomic mass is 10.3. The Balaban J connectivity index is 2.78. The number of sulfonamides is 1. The van der Waals surface area contributed by atoms with Gasteiger partial charge in [-0.05, 0) is 12.1 Å². The van der Waals surface area contributed by atoms with Gasteiger partial charge in [-0.1, -0.05) is 50.0 Å². The summed E-state index contributed by atoms with van der Waals surface area (Å²) in [6.45, 7) is 6.38. The van der Waals surface area contributed by atoms with E-state index in [4.69, 9.17) is 23.2 Å². The smallest absolute Gasteiger partial charge is 0.240 e. The number of benzene rings is 1. The molecule has 0 aromatic heterocycles. The zero-order chi connectivity index (χ0) is 18.5. The monoisotopic (exact) mass is 412 g/mol. The van der Waals surface area contributed by atoms with E-state index < -0.39 is 15.9 Å². The maximum Gasteiger partial charge on any atom is 0.240 e. The Morgan fingerprint density at radius 3 is 2.46 bits per heavy atom. The normalized spacial score (nSPS) is 12.1. The van der Waals surface area contributed by atoms with E-state index >= 15 is 0 Å². The minimum atomic E-state index is -3.68. The highest BCUT2D eigenvalue weighted by Crippen LogP contribution is 2.33. The highest BCUT2D eigenvalue weighted by Gasteiger charge is 2.23.